The molecule has 4 nitrogen and oxygen atoms in total. The van der Waals surface area contributed by atoms with Gasteiger partial charge in [0.05, 0.1) is 5.56 Å². The van der Waals surface area contributed by atoms with Crippen molar-refractivity contribution in [2.75, 3.05) is 11.6 Å². The first-order valence-corrected chi connectivity index (χ1v) is 5.65. The lowest BCUT2D eigenvalue weighted by Gasteiger charge is -2.11. The van der Waals surface area contributed by atoms with Gasteiger partial charge in [-0.25, -0.2) is 9.66 Å². The molecule has 0 aliphatic heterocycles. The van der Waals surface area contributed by atoms with Crippen LogP contribution in [0.5, 0.6) is 0 Å². The zero-order valence-corrected chi connectivity index (χ0v) is 10.2. The van der Waals surface area contributed by atoms with Gasteiger partial charge in [0.1, 0.15) is 11.5 Å². The van der Waals surface area contributed by atoms with Crippen LogP contribution in [0.4, 0.5) is 19.0 Å². The molecule has 0 bridgehead atoms. The Balaban J connectivity index is 2.66. The Morgan fingerprint density at radius 1 is 1.26 bits per heavy atom. The molecular formula is C12H13F3N4. The number of nitrogen functional groups attached to an aromatic ring is 2. The lowest BCUT2D eigenvalue weighted by atomic mass is 10.0. The van der Waals surface area contributed by atoms with Crippen LogP contribution in [-0.4, -0.2) is 9.66 Å². The van der Waals surface area contributed by atoms with Gasteiger partial charge in [-0.2, -0.15) is 13.2 Å². The van der Waals surface area contributed by atoms with Crippen molar-refractivity contribution in [3.8, 4) is 11.3 Å². The lowest BCUT2D eigenvalue weighted by molar-refractivity contribution is -0.137. The summed E-state index contributed by atoms with van der Waals surface area (Å²) < 4.78 is 40.0. The molecule has 0 aliphatic carbocycles. The quantitative estimate of drug-likeness (QED) is 0.823. The summed E-state index contributed by atoms with van der Waals surface area (Å²) in [6.45, 7) is 1.80. The number of aromatic nitrogens is 2. The van der Waals surface area contributed by atoms with E-state index in [9.17, 15) is 13.2 Å². The summed E-state index contributed by atoms with van der Waals surface area (Å²) >= 11 is 0. The highest BCUT2D eigenvalue weighted by Gasteiger charge is 2.34. The fourth-order valence-electron chi connectivity index (χ4n) is 1.88. The Morgan fingerprint density at radius 3 is 2.42 bits per heavy atom. The Hall–Kier alpha value is -2.18. The van der Waals surface area contributed by atoms with E-state index in [1.807, 2.05) is 0 Å². The second kappa shape index (κ2) is 4.49. The van der Waals surface area contributed by atoms with Crippen LogP contribution in [0.25, 0.3) is 11.3 Å². The van der Waals surface area contributed by atoms with Crippen molar-refractivity contribution in [1.29, 1.82) is 0 Å². The molecule has 19 heavy (non-hydrogen) atoms. The van der Waals surface area contributed by atoms with Gasteiger partial charge in [-0.3, -0.25) is 0 Å². The number of imidazole rings is 1. The molecule has 0 radical (unpaired) electrons. The summed E-state index contributed by atoms with van der Waals surface area (Å²) in [6.07, 6.45) is -3.98. The number of hydrogen-bond acceptors (Lipinski definition) is 3. The van der Waals surface area contributed by atoms with Crippen LogP contribution in [0.3, 0.4) is 0 Å². The van der Waals surface area contributed by atoms with E-state index in [1.165, 1.54) is 18.2 Å². The van der Waals surface area contributed by atoms with Gasteiger partial charge in [0.25, 0.3) is 0 Å². The standard InChI is InChI=1S/C12H13F3N4/c1-2-9-18-10(11(16)19(9)17)7-5-3-4-6-8(7)12(13,14)15/h3-6H,2,16-17H2,1H3. The highest BCUT2D eigenvalue weighted by molar-refractivity contribution is 5.74. The van der Waals surface area contributed by atoms with Crippen molar-refractivity contribution in [2.45, 2.75) is 19.5 Å². The molecule has 0 spiro atoms. The van der Waals surface area contributed by atoms with Gasteiger partial charge in [-0.15, -0.1) is 0 Å². The van der Waals surface area contributed by atoms with Crippen molar-refractivity contribution < 1.29 is 13.2 Å². The monoisotopic (exact) mass is 270 g/mol. The van der Waals surface area contributed by atoms with Crippen molar-refractivity contribution in [3.63, 3.8) is 0 Å². The van der Waals surface area contributed by atoms with E-state index in [4.69, 9.17) is 11.6 Å². The zero-order chi connectivity index (χ0) is 14.2. The normalized spacial score (nSPS) is 11.8. The smallest absolute Gasteiger partial charge is 0.382 e. The minimum absolute atomic E-state index is 0.0218. The van der Waals surface area contributed by atoms with Gasteiger partial charge >= 0.3 is 6.18 Å². The Bertz CT molecular complexity index is 602. The number of nitrogens with two attached hydrogens (primary N) is 2. The van der Waals surface area contributed by atoms with E-state index in [-0.39, 0.29) is 17.1 Å². The molecule has 2 rings (SSSR count). The number of alkyl halides is 3. The molecule has 0 unspecified atom stereocenters. The number of nitrogens with zero attached hydrogens (tertiary/aromatic N) is 2. The van der Waals surface area contributed by atoms with Crippen molar-refractivity contribution >= 4 is 5.82 Å². The summed E-state index contributed by atoms with van der Waals surface area (Å²) in [5.41, 5.74) is 4.95. The minimum atomic E-state index is -4.46. The molecule has 0 amide bonds. The van der Waals surface area contributed by atoms with Crippen molar-refractivity contribution in [3.05, 3.63) is 35.7 Å². The minimum Gasteiger partial charge on any atom is -0.382 e. The molecule has 1 aromatic carbocycles. The van der Waals surface area contributed by atoms with E-state index in [0.29, 0.717) is 12.2 Å². The number of benzene rings is 1. The van der Waals surface area contributed by atoms with Gasteiger partial charge in [0, 0.05) is 12.0 Å². The Labute approximate surface area is 107 Å². The highest BCUT2D eigenvalue weighted by atomic mass is 19.4. The maximum Gasteiger partial charge on any atom is 0.417 e. The Morgan fingerprint density at radius 2 is 1.89 bits per heavy atom. The number of hydrogen-bond donors (Lipinski definition) is 2. The molecule has 0 aliphatic rings. The van der Waals surface area contributed by atoms with Crippen LogP contribution < -0.4 is 11.6 Å². The topological polar surface area (TPSA) is 69.9 Å². The van der Waals surface area contributed by atoms with Crippen molar-refractivity contribution in [2.24, 2.45) is 0 Å². The van der Waals surface area contributed by atoms with Gasteiger partial charge in [-0.05, 0) is 6.07 Å². The summed E-state index contributed by atoms with van der Waals surface area (Å²) in [6, 6.07) is 5.16. The van der Waals surface area contributed by atoms with E-state index in [2.05, 4.69) is 4.98 Å². The largest absolute Gasteiger partial charge is 0.417 e. The first-order chi connectivity index (χ1) is 8.86. The number of halogens is 3. The van der Waals surface area contributed by atoms with Gasteiger partial charge in [-0.1, -0.05) is 25.1 Å². The summed E-state index contributed by atoms with van der Waals surface area (Å²) in [4.78, 5) is 4.09. The summed E-state index contributed by atoms with van der Waals surface area (Å²) in [7, 11) is 0. The van der Waals surface area contributed by atoms with Crippen LogP contribution >= 0.6 is 0 Å². The molecular weight excluding hydrogens is 257 g/mol. The van der Waals surface area contributed by atoms with Crippen LogP contribution in [0.1, 0.15) is 18.3 Å². The van der Waals surface area contributed by atoms with Crippen LogP contribution in [0.15, 0.2) is 24.3 Å². The van der Waals surface area contributed by atoms with Crippen molar-refractivity contribution in [1.82, 2.24) is 9.66 Å². The molecule has 0 atom stereocenters. The fraction of sp³-hybridized carbons (Fsp3) is 0.250. The van der Waals surface area contributed by atoms with Crippen LogP contribution in [0, 0.1) is 0 Å². The highest BCUT2D eigenvalue weighted by Crippen LogP contribution is 2.38. The fourth-order valence-corrected chi connectivity index (χ4v) is 1.88. The third-order valence-electron chi connectivity index (χ3n) is 2.82. The predicted octanol–water partition coefficient (Wildman–Crippen LogP) is 2.43. The average molecular weight is 270 g/mol. The maximum atomic E-state index is 12.9. The molecule has 0 saturated heterocycles. The molecule has 7 heteroatoms. The van der Waals surface area contributed by atoms with E-state index < -0.39 is 11.7 Å². The van der Waals surface area contributed by atoms with E-state index >= 15 is 0 Å². The third-order valence-corrected chi connectivity index (χ3v) is 2.82. The molecule has 4 N–H and O–H groups in total. The van der Waals surface area contributed by atoms with E-state index in [1.54, 1.807) is 6.92 Å². The second-order valence-corrected chi connectivity index (χ2v) is 4.03. The average Bonchev–Trinajstić information content (AvgIpc) is 2.65. The first kappa shape index (κ1) is 13.3. The molecule has 0 saturated carbocycles. The van der Waals surface area contributed by atoms with Crippen LogP contribution in [0.2, 0.25) is 0 Å². The second-order valence-electron chi connectivity index (χ2n) is 4.03. The predicted molar refractivity (Wildman–Crippen MR) is 66.6 cm³/mol. The number of rotatable bonds is 2. The maximum absolute atomic E-state index is 12.9. The van der Waals surface area contributed by atoms with Gasteiger partial charge in [0.2, 0.25) is 0 Å². The molecule has 102 valence electrons. The summed E-state index contributed by atoms with van der Waals surface area (Å²) in [5, 5.41) is 0. The summed E-state index contributed by atoms with van der Waals surface area (Å²) in [5.74, 6) is 6.11. The number of anilines is 1. The Kier molecular flexibility index (Phi) is 3.13. The van der Waals surface area contributed by atoms with Gasteiger partial charge < -0.3 is 11.6 Å². The van der Waals surface area contributed by atoms with Crippen LogP contribution in [-0.2, 0) is 12.6 Å². The van der Waals surface area contributed by atoms with Gasteiger partial charge in [0.15, 0.2) is 5.82 Å². The molecule has 1 heterocycles. The molecule has 2 aromatic rings. The number of aryl methyl sites for hydroxylation is 1. The lowest BCUT2D eigenvalue weighted by Crippen LogP contribution is -2.15. The SMILES string of the molecule is CCc1nc(-c2ccccc2C(F)(F)F)c(N)n1N. The first-order valence-electron chi connectivity index (χ1n) is 5.65. The molecule has 0 fully saturated rings. The zero-order valence-electron chi connectivity index (χ0n) is 10.2. The third kappa shape index (κ3) is 2.23. The molecule has 1 aromatic heterocycles. The van der Waals surface area contributed by atoms with E-state index in [0.717, 1.165) is 10.7 Å².